The number of benzene rings is 1. The molecule has 0 bridgehead atoms. The van der Waals surface area contributed by atoms with E-state index in [1.807, 2.05) is 27.7 Å². The van der Waals surface area contributed by atoms with E-state index in [0.717, 1.165) is 0 Å². The summed E-state index contributed by atoms with van der Waals surface area (Å²) in [4.78, 5) is 0. The molecule has 0 radical (unpaired) electrons. The second kappa shape index (κ2) is 7.76. The molecule has 0 aliphatic carbocycles. The van der Waals surface area contributed by atoms with Crippen LogP contribution in [0.3, 0.4) is 0 Å². The van der Waals surface area contributed by atoms with Crippen molar-refractivity contribution in [1.29, 1.82) is 0 Å². The van der Waals surface area contributed by atoms with Crippen LogP contribution in [-0.4, -0.2) is 53.9 Å². The van der Waals surface area contributed by atoms with Crippen LogP contribution in [-0.2, 0) is 23.7 Å². The summed E-state index contributed by atoms with van der Waals surface area (Å²) in [7, 11) is 0. The first-order chi connectivity index (χ1) is 13.5. The molecule has 3 saturated heterocycles. The highest BCUT2D eigenvalue weighted by atomic mass is 35.5. The van der Waals surface area contributed by atoms with Gasteiger partial charge in [0.05, 0.1) is 28.4 Å². The first kappa shape index (κ1) is 21.5. The highest BCUT2D eigenvalue weighted by Crippen LogP contribution is 2.41. The molecule has 3 heterocycles. The van der Waals surface area contributed by atoms with Crippen molar-refractivity contribution in [2.75, 3.05) is 11.9 Å². The van der Waals surface area contributed by atoms with E-state index in [1.54, 1.807) is 18.2 Å². The van der Waals surface area contributed by atoms with Crippen molar-refractivity contribution in [2.45, 2.75) is 69.9 Å². The summed E-state index contributed by atoms with van der Waals surface area (Å²) in [5.41, 5.74) is 0.533. The van der Waals surface area contributed by atoms with E-state index in [2.05, 4.69) is 10.6 Å². The second-order valence-corrected chi connectivity index (χ2v) is 9.38. The number of hydrogen-bond donors (Lipinski definition) is 2. The van der Waals surface area contributed by atoms with Gasteiger partial charge in [0.2, 0.25) is 0 Å². The number of anilines is 1. The fourth-order valence-electron chi connectivity index (χ4n) is 3.81. The van der Waals surface area contributed by atoms with Gasteiger partial charge in [-0.05, 0) is 52.0 Å². The number of rotatable bonds is 3. The van der Waals surface area contributed by atoms with Gasteiger partial charge in [-0.1, -0.05) is 29.3 Å². The lowest BCUT2D eigenvalue weighted by Crippen LogP contribution is -2.53. The largest absolute Gasteiger partial charge is 0.354 e. The molecule has 2 N–H and O–H groups in total. The molecule has 0 spiro atoms. The number of fused-ring (bicyclic) bond motifs is 1. The molecule has 0 unspecified atom stereocenters. The number of para-hydroxylation sites is 1. The number of ether oxygens (including phenoxy) is 5. The molecule has 4 rings (SSSR count). The van der Waals surface area contributed by atoms with Crippen LogP contribution in [0.25, 0.3) is 0 Å². The fraction of sp³-hybridized carbons (Fsp3) is 0.632. The molecule has 3 aliphatic heterocycles. The molecule has 0 saturated carbocycles. The monoisotopic (exact) mass is 462 g/mol. The van der Waals surface area contributed by atoms with Crippen LogP contribution in [0.1, 0.15) is 27.7 Å². The van der Waals surface area contributed by atoms with Crippen molar-refractivity contribution in [3.8, 4) is 0 Å². The average molecular weight is 463 g/mol. The Labute approximate surface area is 185 Å². The number of halogens is 2. The van der Waals surface area contributed by atoms with Crippen molar-refractivity contribution in [3.63, 3.8) is 0 Å². The highest BCUT2D eigenvalue weighted by Gasteiger charge is 2.58. The third-order valence-electron chi connectivity index (χ3n) is 4.98. The number of nitrogens with one attached hydrogen (secondary N) is 2. The summed E-state index contributed by atoms with van der Waals surface area (Å²) in [6.45, 7) is 7.83. The third kappa shape index (κ3) is 4.50. The maximum absolute atomic E-state index is 6.24. The van der Waals surface area contributed by atoms with Crippen molar-refractivity contribution < 1.29 is 23.7 Å². The average Bonchev–Trinajstić information content (AvgIpc) is 3.21. The van der Waals surface area contributed by atoms with Crippen molar-refractivity contribution >= 4 is 46.2 Å². The first-order valence-electron chi connectivity index (χ1n) is 9.39. The van der Waals surface area contributed by atoms with Gasteiger partial charge in [-0.25, -0.2) is 0 Å². The van der Waals surface area contributed by atoms with E-state index < -0.39 is 17.9 Å². The van der Waals surface area contributed by atoms with E-state index in [0.29, 0.717) is 27.5 Å². The predicted molar refractivity (Wildman–Crippen MR) is 113 cm³/mol. The molecule has 3 fully saturated rings. The zero-order valence-electron chi connectivity index (χ0n) is 16.5. The molecular weight excluding hydrogens is 439 g/mol. The lowest BCUT2D eigenvalue weighted by atomic mass is 10.0. The highest BCUT2D eigenvalue weighted by molar-refractivity contribution is 7.80. The van der Waals surface area contributed by atoms with Crippen LogP contribution in [0.4, 0.5) is 5.69 Å². The maximum Gasteiger partial charge on any atom is 0.189 e. The van der Waals surface area contributed by atoms with E-state index >= 15 is 0 Å². The Morgan fingerprint density at radius 3 is 2.34 bits per heavy atom. The molecule has 3 aliphatic rings. The van der Waals surface area contributed by atoms with Gasteiger partial charge in [-0.3, -0.25) is 0 Å². The van der Waals surface area contributed by atoms with Gasteiger partial charge in [-0.15, -0.1) is 0 Å². The Kier molecular flexibility index (Phi) is 5.76. The Bertz CT molecular complexity index is 789. The number of thiocarbonyl (C=S) groups is 1. The van der Waals surface area contributed by atoms with Crippen LogP contribution >= 0.6 is 35.4 Å². The van der Waals surface area contributed by atoms with Crippen molar-refractivity contribution in [2.24, 2.45) is 0 Å². The molecular formula is C19H24Cl2N2O5S. The third-order valence-corrected chi connectivity index (χ3v) is 5.83. The molecule has 160 valence electrons. The summed E-state index contributed by atoms with van der Waals surface area (Å²) in [5.74, 6) is -1.44. The maximum atomic E-state index is 6.24. The van der Waals surface area contributed by atoms with Gasteiger partial charge in [-0.2, -0.15) is 0 Å². The quantitative estimate of drug-likeness (QED) is 0.659. The topological polar surface area (TPSA) is 70.2 Å². The molecule has 29 heavy (non-hydrogen) atoms. The molecule has 5 atom stereocenters. The molecule has 10 heteroatoms. The minimum atomic E-state index is -0.756. The van der Waals surface area contributed by atoms with Crippen molar-refractivity contribution in [3.05, 3.63) is 28.2 Å². The van der Waals surface area contributed by atoms with Gasteiger partial charge >= 0.3 is 0 Å². The smallest absolute Gasteiger partial charge is 0.189 e. The van der Waals surface area contributed by atoms with E-state index in [9.17, 15) is 0 Å². The van der Waals surface area contributed by atoms with E-state index in [-0.39, 0.29) is 24.4 Å². The summed E-state index contributed by atoms with van der Waals surface area (Å²) in [5, 5.41) is 7.62. The second-order valence-electron chi connectivity index (χ2n) is 8.16. The zero-order valence-corrected chi connectivity index (χ0v) is 18.9. The van der Waals surface area contributed by atoms with Gasteiger partial charge in [0, 0.05) is 0 Å². The summed E-state index contributed by atoms with van der Waals surface area (Å²) in [6, 6.07) is 4.91. The van der Waals surface area contributed by atoms with Crippen molar-refractivity contribution in [1.82, 2.24) is 5.32 Å². The molecule has 7 nitrogen and oxygen atoms in total. The molecule has 0 amide bonds. The van der Waals surface area contributed by atoms with Gasteiger partial charge < -0.3 is 34.3 Å². The molecule has 0 aromatic heterocycles. The minimum Gasteiger partial charge on any atom is -0.354 e. The summed E-state index contributed by atoms with van der Waals surface area (Å²) < 4.78 is 29.9. The Morgan fingerprint density at radius 2 is 1.72 bits per heavy atom. The van der Waals surface area contributed by atoms with Crippen LogP contribution < -0.4 is 10.6 Å². The lowest BCUT2D eigenvalue weighted by molar-refractivity contribution is -0.223. The van der Waals surface area contributed by atoms with E-state index in [4.69, 9.17) is 59.1 Å². The van der Waals surface area contributed by atoms with Gasteiger partial charge in [0.15, 0.2) is 23.0 Å². The first-order valence-corrected chi connectivity index (χ1v) is 10.6. The molecule has 1 aromatic carbocycles. The van der Waals surface area contributed by atoms with Crippen LogP contribution in [0, 0.1) is 0 Å². The summed E-state index contributed by atoms with van der Waals surface area (Å²) >= 11 is 18.0. The number of hydrogen-bond acceptors (Lipinski definition) is 6. The van der Waals surface area contributed by atoms with Gasteiger partial charge in [0.1, 0.15) is 18.3 Å². The van der Waals surface area contributed by atoms with Gasteiger partial charge in [0.25, 0.3) is 0 Å². The normalized spacial score (nSPS) is 34.8. The standard InChI is InChI=1S/C19H24Cl2N2O5S/c1-18(2)24-8-11(26-18)14-13(15-16(25-14)28-19(3,4)27-15)23-17(29)22-12-9(20)6-5-7-10(12)21/h5-7,11,13-16H,8H2,1-4H3,(H2,22,23,29)/t11-,13-,14-,15-,16-/m1/s1. The van der Waals surface area contributed by atoms with Crippen LogP contribution in [0.5, 0.6) is 0 Å². The van der Waals surface area contributed by atoms with Crippen LogP contribution in [0.15, 0.2) is 18.2 Å². The minimum absolute atomic E-state index is 0.296. The Hall–Kier alpha value is -0.710. The SMILES string of the molecule is CC1(C)O[C@H]2O[C@H]([C@H]3COC(C)(C)O3)[C@@H](NC(=S)Nc3c(Cl)cccc3Cl)[C@H]2O1. The predicted octanol–water partition coefficient (Wildman–Crippen LogP) is 3.68. The molecule has 1 aromatic rings. The zero-order chi connectivity index (χ0) is 21.0. The Morgan fingerprint density at radius 1 is 1.03 bits per heavy atom. The van der Waals surface area contributed by atoms with E-state index in [1.165, 1.54) is 0 Å². The van der Waals surface area contributed by atoms with Crippen LogP contribution in [0.2, 0.25) is 10.0 Å². The fourth-order valence-corrected chi connectivity index (χ4v) is 4.54. The summed E-state index contributed by atoms with van der Waals surface area (Å²) in [6.07, 6.45) is -1.59. The lowest BCUT2D eigenvalue weighted by Gasteiger charge is -2.30. The Balaban J connectivity index is 1.52.